The van der Waals surface area contributed by atoms with Gasteiger partial charge in [-0.3, -0.25) is 0 Å². The molecule has 2 unspecified atom stereocenters. The Morgan fingerprint density at radius 1 is 1.52 bits per heavy atom. The Bertz CT molecular complexity index is 520. The summed E-state index contributed by atoms with van der Waals surface area (Å²) >= 11 is 0. The number of nitrogens with zero attached hydrogens (tertiary/aromatic N) is 2. The van der Waals surface area contributed by atoms with E-state index < -0.39 is 0 Å². The van der Waals surface area contributed by atoms with Crippen molar-refractivity contribution in [1.29, 1.82) is 0 Å². The average molecular weight is 294 g/mol. The third-order valence-corrected chi connectivity index (χ3v) is 4.16. The maximum absolute atomic E-state index is 13.6. The lowest BCUT2D eigenvalue weighted by Crippen LogP contribution is -2.45. The minimum absolute atomic E-state index is 0.0799. The maximum Gasteiger partial charge on any atom is 0.170 e. The van der Waals surface area contributed by atoms with Crippen molar-refractivity contribution in [2.24, 2.45) is 10.9 Å². The predicted molar refractivity (Wildman–Crippen MR) is 80.9 cm³/mol. The van der Waals surface area contributed by atoms with Gasteiger partial charge in [-0.15, -0.1) is 0 Å². The normalized spacial score (nSPS) is 24.2. The number of amidine groups is 1. The van der Waals surface area contributed by atoms with E-state index in [4.69, 9.17) is 10.9 Å². The minimum Gasteiger partial charge on any atom is -0.409 e. The van der Waals surface area contributed by atoms with Gasteiger partial charge >= 0.3 is 0 Å². The molecule has 1 fully saturated rings. The van der Waals surface area contributed by atoms with Crippen LogP contribution < -0.4 is 11.1 Å². The fraction of sp³-hybridized carbons (Fsp3) is 0.533. The molecule has 1 heterocycles. The molecule has 0 saturated carbocycles. The number of benzene rings is 1. The average Bonchev–Trinajstić information content (AvgIpc) is 2.47. The molecule has 21 heavy (non-hydrogen) atoms. The van der Waals surface area contributed by atoms with Crippen LogP contribution in [-0.4, -0.2) is 41.6 Å². The largest absolute Gasteiger partial charge is 0.409 e. The van der Waals surface area contributed by atoms with Crippen molar-refractivity contribution < 1.29 is 9.60 Å². The zero-order chi connectivity index (χ0) is 15.4. The summed E-state index contributed by atoms with van der Waals surface area (Å²) < 4.78 is 13.6. The smallest absolute Gasteiger partial charge is 0.170 e. The van der Waals surface area contributed by atoms with Gasteiger partial charge in [-0.1, -0.05) is 5.16 Å². The van der Waals surface area contributed by atoms with Crippen LogP contribution in [0.1, 0.15) is 30.9 Å². The van der Waals surface area contributed by atoms with E-state index in [1.54, 1.807) is 6.07 Å². The second kappa shape index (κ2) is 6.87. The molecule has 4 N–H and O–H groups in total. The number of halogens is 1. The number of oxime groups is 1. The van der Waals surface area contributed by atoms with Gasteiger partial charge in [0.15, 0.2) is 5.84 Å². The number of nitrogens with one attached hydrogen (secondary N) is 1. The highest BCUT2D eigenvalue weighted by Crippen LogP contribution is 2.16. The van der Waals surface area contributed by atoms with Gasteiger partial charge in [0.1, 0.15) is 5.82 Å². The van der Waals surface area contributed by atoms with Crippen molar-refractivity contribution in [3.8, 4) is 0 Å². The highest BCUT2D eigenvalue weighted by molar-refractivity contribution is 5.97. The molecule has 116 valence electrons. The molecule has 6 heteroatoms. The molecule has 0 aliphatic carbocycles. The van der Waals surface area contributed by atoms with E-state index in [-0.39, 0.29) is 11.7 Å². The fourth-order valence-corrected chi connectivity index (χ4v) is 2.70. The fourth-order valence-electron chi connectivity index (χ4n) is 2.70. The van der Waals surface area contributed by atoms with Crippen LogP contribution in [0.4, 0.5) is 4.39 Å². The molecule has 0 spiro atoms. The number of nitrogens with two attached hydrogens (primary N) is 1. The minimum atomic E-state index is -0.382. The highest BCUT2D eigenvalue weighted by atomic mass is 19.1. The molecule has 0 aromatic heterocycles. The Balaban J connectivity index is 1.98. The van der Waals surface area contributed by atoms with E-state index in [0.29, 0.717) is 24.2 Å². The molecular weight excluding hydrogens is 271 g/mol. The SMILES string of the molecule is CC1CC(NCc2cc(F)cc(/C(N)=N/O)c2)CCN1C. The molecule has 1 aromatic carbocycles. The van der Waals surface area contributed by atoms with Crippen LogP contribution >= 0.6 is 0 Å². The second-order valence-electron chi connectivity index (χ2n) is 5.77. The van der Waals surface area contributed by atoms with Crippen LogP contribution in [0.5, 0.6) is 0 Å². The topological polar surface area (TPSA) is 73.9 Å². The zero-order valence-corrected chi connectivity index (χ0v) is 12.5. The van der Waals surface area contributed by atoms with Crippen LogP contribution in [0.2, 0.25) is 0 Å². The predicted octanol–water partition coefficient (Wildman–Crippen LogP) is 1.49. The van der Waals surface area contributed by atoms with Gasteiger partial charge in [-0.2, -0.15) is 0 Å². The van der Waals surface area contributed by atoms with Gasteiger partial charge in [0.2, 0.25) is 0 Å². The van der Waals surface area contributed by atoms with Gasteiger partial charge < -0.3 is 21.2 Å². The number of rotatable bonds is 4. The molecule has 0 amide bonds. The summed E-state index contributed by atoms with van der Waals surface area (Å²) in [5, 5.41) is 15.1. The van der Waals surface area contributed by atoms with Crippen LogP contribution in [-0.2, 0) is 6.54 Å². The van der Waals surface area contributed by atoms with Crippen LogP contribution in [0.25, 0.3) is 0 Å². The standard InChI is InChI=1S/C15H23FN4O/c1-10-5-14(3-4-20(10)2)18-9-11-6-12(15(17)19-21)8-13(16)7-11/h6-8,10,14,18,21H,3-5,9H2,1-2H3,(H2,17,19). The summed E-state index contributed by atoms with van der Waals surface area (Å²) in [5.41, 5.74) is 6.70. The zero-order valence-electron chi connectivity index (χ0n) is 12.5. The Labute approximate surface area is 124 Å². The summed E-state index contributed by atoms with van der Waals surface area (Å²) in [6, 6.07) is 5.46. The summed E-state index contributed by atoms with van der Waals surface area (Å²) in [6.45, 7) is 3.86. The lowest BCUT2D eigenvalue weighted by Gasteiger charge is -2.35. The Hall–Kier alpha value is -1.66. The van der Waals surface area contributed by atoms with Gasteiger partial charge in [0, 0.05) is 24.2 Å². The number of likely N-dealkylation sites (tertiary alicyclic amines) is 1. The Morgan fingerprint density at radius 3 is 2.95 bits per heavy atom. The summed E-state index contributed by atoms with van der Waals surface area (Å²) in [7, 11) is 2.14. The van der Waals surface area contributed by atoms with Gasteiger partial charge in [-0.25, -0.2) is 4.39 Å². The van der Waals surface area contributed by atoms with E-state index in [9.17, 15) is 4.39 Å². The first-order valence-corrected chi connectivity index (χ1v) is 7.20. The molecule has 1 saturated heterocycles. The second-order valence-corrected chi connectivity index (χ2v) is 5.77. The summed E-state index contributed by atoms with van der Waals surface area (Å²) in [6.07, 6.45) is 2.17. The van der Waals surface area contributed by atoms with Crippen molar-refractivity contribution in [2.75, 3.05) is 13.6 Å². The first kappa shape index (κ1) is 15.7. The van der Waals surface area contributed by atoms with Crippen molar-refractivity contribution in [3.63, 3.8) is 0 Å². The molecule has 0 radical (unpaired) electrons. The molecule has 5 nitrogen and oxygen atoms in total. The third-order valence-electron chi connectivity index (χ3n) is 4.16. The van der Waals surface area contributed by atoms with Crippen molar-refractivity contribution in [2.45, 2.75) is 38.4 Å². The molecule has 2 atom stereocenters. The molecule has 1 aliphatic heterocycles. The molecule has 1 aliphatic rings. The van der Waals surface area contributed by atoms with Crippen molar-refractivity contribution >= 4 is 5.84 Å². The van der Waals surface area contributed by atoms with Crippen LogP contribution in [0.15, 0.2) is 23.4 Å². The number of piperidine rings is 1. The van der Waals surface area contributed by atoms with E-state index >= 15 is 0 Å². The van der Waals surface area contributed by atoms with Gasteiger partial charge in [0.25, 0.3) is 0 Å². The lowest BCUT2D eigenvalue weighted by molar-refractivity contribution is 0.168. The van der Waals surface area contributed by atoms with Gasteiger partial charge in [-0.05, 0) is 57.1 Å². The van der Waals surface area contributed by atoms with E-state index in [1.165, 1.54) is 12.1 Å². The quantitative estimate of drug-likeness (QED) is 0.340. The maximum atomic E-state index is 13.6. The van der Waals surface area contributed by atoms with Gasteiger partial charge in [0.05, 0.1) is 0 Å². The Morgan fingerprint density at radius 2 is 2.29 bits per heavy atom. The summed E-state index contributed by atoms with van der Waals surface area (Å²) in [5.74, 6) is -0.462. The summed E-state index contributed by atoms with van der Waals surface area (Å²) in [4.78, 5) is 2.34. The highest BCUT2D eigenvalue weighted by Gasteiger charge is 2.22. The number of hydrogen-bond donors (Lipinski definition) is 3. The van der Waals surface area contributed by atoms with Crippen LogP contribution in [0, 0.1) is 5.82 Å². The van der Waals surface area contributed by atoms with E-state index in [0.717, 1.165) is 24.9 Å². The third kappa shape index (κ3) is 4.15. The van der Waals surface area contributed by atoms with Crippen LogP contribution in [0.3, 0.4) is 0 Å². The van der Waals surface area contributed by atoms with E-state index in [2.05, 4.69) is 29.3 Å². The monoisotopic (exact) mass is 294 g/mol. The lowest BCUT2D eigenvalue weighted by atomic mass is 9.98. The van der Waals surface area contributed by atoms with Crippen molar-refractivity contribution in [1.82, 2.24) is 10.2 Å². The first-order chi connectivity index (χ1) is 9.99. The molecule has 0 bridgehead atoms. The number of hydrogen-bond acceptors (Lipinski definition) is 4. The molecule has 1 aromatic rings. The van der Waals surface area contributed by atoms with Crippen molar-refractivity contribution in [3.05, 3.63) is 35.1 Å². The van der Waals surface area contributed by atoms with E-state index in [1.807, 2.05) is 0 Å². The molecule has 2 rings (SSSR count). The first-order valence-electron chi connectivity index (χ1n) is 7.20. The molecular formula is C15H23FN4O. The Kier molecular flexibility index (Phi) is 5.14.